The summed E-state index contributed by atoms with van der Waals surface area (Å²) < 4.78 is 1.73. The van der Waals surface area contributed by atoms with Gasteiger partial charge in [-0.2, -0.15) is 10.4 Å². The van der Waals surface area contributed by atoms with Crippen molar-refractivity contribution < 1.29 is 0 Å². The fraction of sp³-hybridized carbons (Fsp3) is 0.400. The van der Waals surface area contributed by atoms with Gasteiger partial charge in [-0.1, -0.05) is 5.92 Å². The number of hydrogen-bond acceptors (Lipinski definition) is 3. The average molecular weight is 188 g/mol. The molecule has 1 heterocycles. The molecule has 14 heavy (non-hydrogen) atoms. The van der Waals surface area contributed by atoms with E-state index in [1.165, 1.54) is 0 Å². The van der Waals surface area contributed by atoms with Gasteiger partial charge in [0, 0.05) is 18.3 Å². The molecule has 1 rings (SSSR count). The molecule has 0 aliphatic heterocycles. The lowest BCUT2D eigenvalue weighted by molar-refractivity contribution is 0.679. The first-order valence-corrected chi connectivity index (χ1v) is 4.25. The Labute approximate surface area is 83.5 Å². The normalized spacial score (nSPS) is 11.7. The van der Waals surface area contributed by atoms with E-state index in [4.69, 9.17) is 11.7 Å². The summed E-state index contributed by atoms with van der Waals surface area (Å²) in [5.74, 6) is 2.44. The van der Waals surface area contributed by atoms with Crippen LogP contribution in [-0.2, 0) is 7.05 Å². The zero-order valence-electron chi connectivity index (χ0n) is 8.28. The van der Waals surface area contributed by atoms with E-state index in [1.807, 2.05) is 14.0 Å². The SMILES string of the molecule is C#CCNC(C#N)c1cnn(C)c1C. The minimum absolute atomic E-state index is 0.375. The molecule has 1 N–H and O–H groups in total. The summed E-state index contributed by atoms with van der Waals surface area (Å²) >= 11 is 0. The van der Waals surface area contributed by atoms with Crippen molar-refractivity contribution in [2.24, 2.45) is 7.05 Å². The van der Waals surface area contributed by atoms with Gasteiger partial charge in [0.25, 0.3) is 0 Å². The lowest BCUT2D eigenvalue weighted by atomic mass is 10.1. The number of nitrogens with one attached hydrogen (secondary N) is 1. The van der Waals surface area contributed by atoms with Crippen molar-refractivity contribution in [3.05, 3.63) is 17.5 Å². The van der Waals surface area contributed by atoms with Crippen LogP contribution in [0.5, 0.6) is 0 Å². The number of aryl methyl sites for hydroxylation is 1. The largest absolute Gasteiger partial charge is 0.287 e. The summed E-state index contributed by atoms with van der Waals surface area (Å²) in [6.45, 7) is 2.30. The molecular weight excluding hydrogens is 176 g/mol. The highest BCUT2D eigenvalue weighted by atomic mass is 15.3. The predicted octanol–water partition coefficient (Wildman–Crippen LogP) is 0.516. The molecule has 0 spiro atoms. The minimum atomic E-state index is -0.375. The summed E-state index contributed by atoms with van der Waals surface area (Å²) in [4.78, 5) is 0. The highest BCUT2D eigenvalue weighted by Gasteiger charge is 2.14. The maximum Gasteiger partial charge on any atom is 0.125 e. The molecule has 1 atom stereocenters. The maximum absolute atomic E-state index is 8.92. The van der Waals surface area contributed by atoms with Crippen LogP contribution < -0.4 is 5.32 Å². The fourth-order valence-electron chi connectivity index (χ4n) is 1.19. The van der Waals surface area contributed by atoms with Crippen molar-refractivity contribution in [3.63, 3.8) is 0 Å². The summed E-state index contributed by atoms with van der Waals surface area (Å²) in [7, 11) is 1.84. The smallest absolute Gasteiger partial charge is 0.125 e. The van der Waals surface area contributed by atoms with Crippen LogP contribution >= 0.6 is 0 Å². The quantitative estimate of drug-likeness (QED) is 0.703. The minimum Gasteiger partial charge on any atom is -0.287 e. The number of rotatable bonds is 3. The van der Waals surface area contributed by atoms with Crippen LogP contribution in [0.25, 0.3) is 0 Å². The van der Waals surface area contributed by atoms with Gasteiger partial charge in [-0.3, -0.25) is 10.00 Å². The topological polar surface area (TPSA) is 53.6 Å². The Bertz CT molecular complexity index is 391. The van der Waals surface area contributed by atoms with Crippen molar-refractivity contribution in [1.82, 2.24) is 15.1 Å². The van der Waals surface area contributed by atoms with Crippen LogP contribution in [0.1, 0.15) is 17.3 Å². The van der Waals surface area contributed by atoms with Gasteiger partial charge >= 0.3 is 0 Å². The predicted molar refractivity (Wildman–Crippen MR) is 53.1 cm³/mol. The number of hydrogen-bond donors (Lipinski definition) is 1. The fourth-order valence-corrected chi connectivity index (χ4v) is 1.19. The van der Waals surface area contributed by atoms with Crippen LogP contribution in [0.2, 0.25) is 0 Å². The van der Waals surface area contributed by atoms with E-state index in [0.29, 0.717) is 6.54 Å². The number of nitriles is 1. The molecule has 1 aromatic rings. The molecular formula is C10H12N4. The monoisotopic (exact) mass is 188 g/mol. The zero-order valence-corrected chi connectivity index (χ0v) is 8.28. The van der Waals surface area contributed by atoms with Crippen molar-refractivity contribution in [3.8, 4) is 18.4 Å². The van der Waals surface area contributed by atoms with Crippen LogP contribution in [0.4, 0.5) is 0 Å². The van der Waals surface area contributed by atoms with Crippen LogP contribution in [-0.4, -0.2) is 16.3 Å². The molecule has 1 unspecified atom stereocenters. The van der Waals surface area contributed by atoms with Crippen molar-refractivity contribution in [2.75, 3.05) is 6.54 Å². The van der Waals surface area contributed by atoms with Crippen LogP contribution in [0.15, 0.2) is 6.20 Å². The van der Waals surface area contributed by atoms with Crippen LogP contribution in [0.3, 0.4) is 0 Å². The van der Waals surface area contributed by atoms with E-state index in [0.717, 1.165) is 11.3 Å². The summed E-state index contributed by atoms with van der Waals surface area (Å²) in [5, 5.41) is 15.9. The molecule has 0 saturated heterocycles. The highest BCUT2D eigenvalue weighted by Crippen LogP contribution is 2.15. The molecule has 4 heteroatoms. The van der Waals surface area contributed by atoms with E-state index in [9.17, 15) is 0 Å². The lowest BCUT2D eigenvalue weighted by Crippen LogP contribution is -2.20. The Balaban J connectivity index is 2.86. The summed E-state index contributed by atoms with van der Waals surface area (Å²) in [5.41, 5.74) is 1.85. The third-order valence-corrected chi connectivity index (χ3v) is 2.12. The second kappa shape index (κ2) is 4.45. The Morgan fingerprint density at radius 3 is 2.93 bits per heavy atom. The molecule has 72 valence electrons. The first-order valence-electron chi connectivity index (χ1n) is 4.25. The van der Waals surface area contributed by atoms with Crippen molar-refractivity contribution in [1.29, 1.82) is 5.26 Å². The number of aromatic nitrogens is 2. The van der Waals surface area contributed by atoms with Crippen molar-refractivity contribution in [2.45, 2.75) is 13.0 Å². The second-order valence-electron chi connectivity index (χ2n) is 2.96. The summed E-state index contributed by atoms with van der Waals surface area (Å²) in [6.07, 6.45) is 6.80. The first kappa shape index (κ1) is 10.3. The molecule has 0 radical (unpaired) electrons. The lowest BCUT2D eigenvalue weighted by Gasteiger charge is -2.08. The van der Waals surface area contributed by atoms with E-state index in [2.05, 4.69) is 22.4 Å². The molecule has 0 bridgehead atoms. The first-order chi connectivity index (χ1) is 6.70. The Kier molecular flexibility index (Phi) is 3.28. The molecule has 0 fully saturated rings. The third-order valence-electron chi connectivity index (χ3n) is 2.12. The van der Waals surface area contributed by atoms with E-state index in [-0.39, 0.29) is 6.04 Å². The maximum atomic E-state index is 8.92. The van der Waals surface area contributed by atoms with Crippen LogP contribution in [0, 0.1) is 30.6 Å². The summed E-state index contributed by atoms with van der Waals surface area (Å²) in [6, 6.07) is 1.77. The molecule has 0 saturated carbocycles. The van der Waals surface area contributed by atoms with Gasteiger partial charge in [0.1, 0.15) is 6.04 Å². The average Bonchev–Trinajstić information content (AvgIpc) is 2.51. The van der Waals surface area contributed by atoms with Gasteiger partial charge < -0.3 is 0 Å². The highest BCUT2D eigenvalue weighted by molar-refractivity contribution is 5.25. The molecule has 4 nitrogen and oxygen atoms in total. The Hall–Kier alpha value is -1.78. The van der Waals surface area contributed by atoms with Gasteiger partial charge in [-0.05, 0) is 6.92 Å². The Morgan fingerprint density at radius 2 is 2.50 bits per heavy atom. The van der Waals surface area contributed by atoms with E-state index in [1.54, 1.807) is 10.9 Å². The number of nitrogens with zero attached hydrogens (tertiary/aromatic N) is 3. The molecule has 0 amide bonds. The Morgan fingerprint density at radius 1 is 1.79 bits per heavy atom. The van der Waals surface area contributed by atoms with Gasteiger partial charge in [0.05, 0.1) is 18.8 Å². The van der Waals surface area contributed by atoms with Gasteiger partial charge in [-0.25, -0.2) is 0 Å². The third kappa shape index (κ3) is 1.93. The van der Waals surface area contributed by atoms with E-state index >= 15 is 0 Å². The zero-order chi connectivity index (χ0) is 10.6. The molecule has 0 aliphatic carbocycles. The van der Waals surface area contributed by atoms with Gasteiger partial charge in [0.15, 0.2) is 0 Å². The number of terminal acetylenes is 1. The molecule has 1 aromatic heterocycles. The van der Waals surface area contributed by atoms with Gasteiger partial charge in [0.2, 0.25) is 0 Å². The molecule has 0 aliphatic rings. The van der Waals surface area contributed by atoms with Crippen molar-refractivity contribution >= 4 is 0 Å². The van der Waals surface area contributed by atoms with E-state index < -0.39 is 0 Å². The second-order valence-corrected chi connectivity index (χ2v) is 2.96. The van der Waals surface area contributed by atoms with Gasteiger partial charge in [-0.15, -0.1) is 6.42 Å². The standard InChI is InChI=1S/C10H12N4/c1-4-5-12-10(6-11)9-7-13-14(3)8(9)2/h1,7,10,12H,5H2,2-3H3. The molecule has 0 aromatic carbocycles.